The number of imidazole rings is 1. The SMILES string of the molecule is COc1ccc(C(CNC(=O)c2c(Cl)cc(N=CN=C(C)N)cc2Cl)c2nc3ccc(Cl)cc3[nH]2)cn1. The number of nitrogens with one attached hydrogen (secondary N) is 2. The number of nitrogens with zero attached hydrogens (tertiary/aromatic N) is 4. The molecule has 2 heterocycles. The van der Waals surface area contributed by atoms with Crippen molar-refractivity contribution < 1.29 is 9.53 Å². The molecular formula is C25H22Cl3N7O2. The third-order valence-electron chi connectivity index (χ3n) is 5.35. The Labute approximate surface area is 227 Å². The monoisotopic (exact) mass is 557 g/mol. The van der Waals surface area contributed by atoms with E-state index >= 15 is 0 Å². The molecule has 4 aromatic rings. The second-order valence-electron chi connectivity index (χ2n) is 7.98. The minimum absolute atomic E-state index is 0.129. The maximum atomic E-state index is 13.1. The van der Waals surface area contributed by atoms with E-state index in [9.17, 15) is 4.79 Å². The van der Waals surface area contributed by atoms with E-state index in [1.54, 1.807) is 38.4 Å². The summed E-state index contributed by atoms with van der Waals surface area (Å²) in [6.07, 6.45) is 2.96. The number of hydrogen-bond donors (Lipinski definition) is 3. The van der Waals surface area contributed by atoms with E-state index in [0.717, 1.165) is 16.6 Å². The smallest absolute Gasteiger partial charge is 0.254 e. The fraction of sp³-hybridized carbons (Fsp3) is 0.160. The minimum Gasteiger partial charge on any atom is -0.481 e. The topological polar surface area (TPSA) is 131 Å². The van der Waals surface area contributed by atoms with Crippen LogP contribution in [-0.2, 0) is 0 Å². The van der Waals surface area contributed by atoms with Crippen LogP contribution in [-0.4, -0.2) is 46.7 Å². The minimum atomic E-state index is -0.452. The number of carbonyl (C=O) groups is 1. The van der Waals surface area contributed by atoms with Gasteiger partial charge in [0, 0.05) is 23.8 Å². The number of aromatic nitrogens is 3. The lowest BCUT2D eigenvalue weighted by Gasteiger charge is -2.17. The average Bonchev–Trinajstić information content (AvgIpc) is 3.26. The zero-order valence-electron chi connectivity index (χ0n) is 19.8. The summed E-state index contributed by atoms with van der Waals surface area (Å²) in [6, 6.07) is 12.0. The molecule has 2 aromatic heterocycles. The van der Waals surface area contributed by atoms with E-state index in [1.807, 2.05) is 12.1 Å². The van der Waals surface area contributed by atoms with Gasteiger partial charge in [-0.05, 0) is 42.8 Å². The number of halogens is 3. The van der Waals surface area contributed by atoms with Gasteiger partial charge in [0.2, 0.25) is 5.88 Å². The van der Waals surface area contributed by atoms with Crippen molar-refractivity contribution in [3.8, 4) is 5.88 Å². The van der Waals surface area contributed by atoms with Gasteiger partial charge in [-0.1, -0.05) is 40.9 Å². The Balaban J connectivity index is 1.61. The van der Waals surface area contributed by atoms with Crippen molar-refractivity contribution in [1.82, 2.24) is 20.3 Å². The van der Waals surface area contributed by atoms with E-state index in [0.29, 0.717) is 28.3 Å². The van der Waals surface area contributed by atoms with Crippen molar-refractivity contribution >= 4 is 69.6 Å². The molecule has 9 nitrogen and oxygen atoms in total. The molecule has 2 aromatic carbocycles. The highest BCUT2D eigenvalue weighted by molar-refractivity contribution is 6.40. The normalized spacial score (nSPS) is 12.7. The van der Waals surface area contributed by atoms with Crippen LogP contribution in [0.1, 0.15) is 34.6 Å². The summed E-state index contributed by atoms with van der Waals surface area (Å²) in [6.45, 7) is 1.81. The van der Waals surface area contributed by atoms with E-state index in [-0.39, 0.29) is 28.1 Å². The third kappa shape index (κ3) is 6.37. The molecule has 4 N–H and O–H groups in total. The molecule has 0 fully saturated rings. The standard InChI is InChI=1S/C25H22Cl3N7O2/c1-13(29)32-12-33-16-8-18(27)23(19(28)9-16)25(36)31-11-17(14-3-6-22(37-2)30-10-14)24-34-20-5-4-15(26)7-21(20)35-24/h3-10,12,17H,11H2,1-2H3,(H,31,36)(H,34,35)(H2,29,32,33). The van der Waals surface area contributed by atoms with Crippen LogP contribution in [0.15, 0.2) is 58.6 Å². The number of pyridine rings is 1. The Hall–Kier alpha value is -3.66. The van der Waals surface area contributed by atoms with E-state index in [4.69, 9.17) is 50.3 Å². The van der Waals surface area contributed by atoms with Crippen molar-refractivity contribution in [1.29, 1.82) is 0 Å². The highest BCUT2D eigenvalue weighted by atomic mass is 35.5. The van der Waals surface area contributed by atoms with Crippen LogP contribution in [0, 0.1) is 0 Å². The maximum absolute atomic E-state index is 13.1. The number of fused-ring (bicyclic) bond motifs is 1. The van der Waals surface area contributed by atoms with Gasteiger partial charge in [0.25, 0.3) is 5.91 Å². The number of rotatable bonds is 8. The van der Waals surface area contributed by atoms with Gasteiger partial charge in [-0.3, -0.25) is 4.79 Å². The molecule has 0 radical (unpaired) electrons. The Morgan fingerprint density at radius 3 is 2.59 bits per heavy atom. The van der Waals surface area contributed by atoms with Gasteiger partial charge < -0.3 is 20.8 Å². The first-order valence-corrected chi connectivity index (χ1v) is 12.1. The second-order valence-corrected chi connectivity index (χ2v) is 9.23. The molecule has 0 aliphatic heterocycles. The van der Waals surface area contributed by atoms with Gasteiger partial charge in [-0.15, -0.1) is 0 Å². The lowest BCUT2D eigenvalue weighted by Crippen LogP contribution is -2.30. The summed E-state index contributed by atoms with van der Waals surface area (Å²) in [5.41, 5.74) is 8.38. The number of aromatic amines is 1. The molecule has 0 aliphatic carbocycles. The fourth-order valence-corrected chi connectivity index (χ4v) is 4.40. The quantitative estimate of drug-likeness (QED) is 0.193. The number of H-pyrrole nitrogens is 1. The number of amides is 1. The molecule has 0 saturated carbocycles. The predicted octanol–water partition coefficient (Wildman–Crippen LogP) is 5.53. The molecule has 0 aliphatic rings. The van der Waals surface area contributed by atoms with Crippen LogP contribution in [0.5, 0.6) is 5.88 Å². The summed E-state index contributed by atoms with van der Waals surface area (Å²) in [7, 11) is 1.54. The molecule has 0 spiro atoms. The molecule has 0 saturated heterocycles. The summed E-state index contributed by atoms with van der Waals surface area (Å²) in [5.74, 6) is 0.629. The first-order valence-electron chi connectivity index (χ1n) is 11.0. The number of nitrogens with two attached hydrogens (primary N) is 1. The van der Waals surface area contributed by atoms with Crippen molar-refractivity contribution in [2.45, 2.75) is 12.8 Å². The lowest BCUT2D eigenvalue weighted by molar-refractivity contribution is 0.0952. The Bertz CT molecular complexity index is 1470. The number of methoxy groups -OCH3 is 1. The molecular weight excluding hydrogens is 537 g/mol. The van der Waals surface area contributed by atoms with Crippen LogP contribution in [0.25, 0.3) is 11.0 Å². The van der Waals surface area contributed by atoms with Crippen LogP contribution >= 0.6 is 34.8 Å². The number of ether oxygens (including phenoxy) is 1. The zero-order valence-corrected chi connectivity index (χ0v) is 22.1. The molecule has 37 heavy (non-hydrogen) atoms. The molecule has 0 bridgehead atoms. The van der Waals surface area contributed by atoms with Gasteiger partial charge in [0.15, 0.2) is 0 Å². The van der Waals surface area contributed by atoms with Gasteiger partial charge in [0.1, 0.15) is 12.2 Å². The molecule has 4 rings (SSSR count). The summed E-state index contributed by atoms with van der Waals surface area (Å²) >= 11 is 18.9. The number of aliphatic imine (C=N–C) groups is 2. The van der Waals surface area contributed by atoms with E-state index in [1.165, 1.54) is 18.5 Å². The average molecular weight is 559 g/mol. The first kappa shape index (κ1) is 26.4. The summed E-state index contributed by atoms with van der Waals surface area (Å²) < 4.78 is 5.17. The molecule has 190 valence electrons. The largest absolute Gasteiger partial charge is 0.481 e. The number of amidine groups is 1. The Kier molecular flexibility index (Phi) is 8.27. The van der Waals surface area contributed by atoms with E-state index < -0.39 is 5.91 Å². The second kappa shape index (κ2) is 11.6. The Morgan fingerprint density at radius 1 is 1.19 bits per heavy atom. The van der Waals surface area contributed by atoms with Crippen molar-refractivity contribution in [3.63, 3.8) is 0 Å². The van der Waals surface area contributed by atoms with Crippen LogP contribution in [0.4, 0.5) is 5.69 Å². The van der Waals surface area contributed by atoms with Crippen molar-refractivity contribution in [2.75, 3.05) is 13.7 Å². The molecule has 12 heteroatoms. The summed E-state index contributed by atoms with van der Waals surface area (Å²) in [4.78, 5) is 33.4. The number of hydrogen-bond acceptors (Lipinski definition) is 5. The van der Waals surface area contributed by atoms with Gasteiger partial charge >= 0.3 is 0 Å². The molecule has 1 atom stereocenters. The van der Waals surface area contributed by atoms with Crippen LogP contribution in [0.2, 0.25) is 15.1 Å². The van der Waals surface area contributed by atoms with Crippen LogP contribution in [0.3, 0.4) is 0 Å². The van der Waals surface area contributed by atoms with Crippen LogP contribution < -0.4 is 15.8 Å². The zero-order chi connectivity index (χ0) is 26.5. The molecule has 1 unspecified atom stereocenters. The number of benzene rings is 2. The van der Waals surface area contributed by atoms with Gasteiger partial charge in [0.05, 0.1) is 51.2 Å². The Morgan fingerprint density at radius 2 is 1.95 bits per heavy atom. The molecule has 1 amide bonds. The highest BCUT2D eigenvalue weighted by Crippen LogP contribution is 2.31. The third-order valence-corrected chi connectivity index (χ3v) is 6.18. The van der Waals surface area contributed by atoms with Crippen molar-refractivity contribution in [3.05, 3.63) is 80.7 Å². The predicted molar refractivity (Wildman–Crippen MR) is 148 cm³/mol. The van der Waals surface area contributed by atoms with Gasteiger partial charge in [-0.25, -0.2) is 20.0 Å². The first-order chi connectivity index (χ1) is 17.7. The lowest BCUT2D eigenvalue weighted by atomic mass is 10.00. The maximum Gasteiger partial charge on any atom is 0.254 e. The fourth-order valence-electron chi connectivity index (χ4n) is 3.58. The van der Waals surface area contributed by atoms with Gasteiger partial charge in [-0.2, -0.15) is 0 Å². The van der Waals surface area contributed by atoms with E-state index in [2.05, 4.69) is 25.3 Å². The number of carbonyl (C=O) groups excluding carboxylic acids is 1. The summed E-state index contributed by atoms with van der Waals surface area (Å²) in [5, 5.41) is 3.78. The highest BCUT2D eigenvalue weighted by Gasteiger charge is 2.22. The van der Waals surface area contributed by atoms with Crippen molar-refractivity contribution in [2.24, 2.45) is 15.7 Å².